The zero-order valence-corrected chi connectivity index (χ0v) is 15.3. The summed E-state index contributed by atoms with van der Waals surface area (Å²) in [5.74, 6) is -0.159. The van der Waals surface area contributed by atoms with Crippen LogP contribution in [0.5, 0.6) is 0 Å². The van der Waals surface area contributed by atoms with Gasteiger partial charge in [-0.25, -0.2) is 8.42 Å². The Hall–Kier alpha value is -0.980. The van der Waals surface area contributed by atoms with Crippen LogP contribution in [-0.2, 0) is 14.8 Å². The summed E-state index contributed by atoms with van der Waals surface area (Å²) < 4.78 is 24.9. The third kappa shape index (κ3) is 5.34. The average Bonchev–Trinajstić information content (AvgIpc) is 2.37. The second-order valence-electron chi connectivity index (χ2n) is 5.47. The highest BCUT2D eigenvalue weighted by Gasteiger charge is 2.24. The van der Waals surface area contributed by atoms with Crippen molar-refractivity contribution in [3.8, 4) is 0 Å². The molecule has 22 heavy (non-hydrogen) atoms. The molecule has 0 unspecified atom stereocenters. The van der Waals surface area contributed by atoms with Crippen LogP contribution in [0.25, 0.3) is 0 Å². The van der Waals surface area contributed by atoms with Gasteiger partial charge in [-0.2, -0.15) is 0 Å². The summed E-state index contributed by atoms with van der Waals surface area (Å²) in [5, 5.41) is 3.31. The molecule has 0 aliphatic heterocycles. The van der Waals surface area contributed by atoms with E-state index in [0.29, 0.717) is 5.02 Å². The number of sulfonamides is 1. The van der Waals surface area contributed by atoms with Gasteiger partial charge in [-0.15, -0.1) is 0 Å². The van der Waals surface area contributed by atoms with E-state index in [1.165, 1.54) is 12.1 Å². The molecule has 0 aliphatic carbocycles. The van der Waals surface area contributed by atoms with E-state index in [4.69, 9.17) is 23.2 Å². The van der Waals surface area contributed by atoms with Gasteiger partial charge in [-0.1, -0.05) is 37.0 Å². The normalized spacial score (nSPS) is 13.0. The molecular weight excluding hydrogens is 347 g/mol. The fourth-order valence-corrected chi connectivity index (χ4v) is 2.95. The Morgan fingerprint density at radius 3 is 2.36 bits per heavy atom. The first-order valence-corrected chi connectivity index (χ1v) is 9.35. The summed E-state index contributed by atoms with van der Waals surface area (Å²) >= 11 is 11.9. The second kappa shape index (κ2) is 7.53. The summed E-state index contributed by atoms with van der Waals surface area (Å²) in [6, 6.07) is 4.40. The Bertz CT molecular complexity index is 647. The number of rotatable bonds is 6. The molecule has 0 radical (unpaired) electrons. The minimum Gasteiger partial charge on any atom is -0.352 e. The second-order valence-corrected chi connectivity index (χ2v) is 8.22. The van der Waals surface area contributed by atoms with Crippen molar-refractivity contribution in [1.29, 1.82) is 0 Å². The first-order valence-electron chi connectivity index (χ1n) is 6.74. The SMILES string of the molecule is CC(C)[C@@H](C)NC(=O)CN(c1cc(Cl)ccc1Cl)S(C)(=O)=O. The standard InChI is InChI=1S/C14H20Cl2N2O3S/c1-9(2)10(3)17-14(19)8-18(22(4,20)21)13-7-11(15)5-6-12(13)16/h5-7,9-10H,8H2,1-4H3,(H,17,19)/t10-/m1/s1. The molecule has 0 heterocycles. The van der Waals surface area contributed by atoms with Crippen LogP contribution >= 0.6 is 23.2 Å². The van der Waals surface area contributed by atoms with Gasteiger partial charge in [0.2, 0.25) is 15.9 Å². The van der Waals surface area contributed by atoms with Crippen molar-refractivity contribution in [2.45, 2.75) is 26.8 Å². The van der Waals surface area contributed by atoms with E-state index >= 15 is 0 Å². The minimum atomic E-state index is -3.68. The zero-order valence-electron chi connectivity index (χ0n) is 12.9. The Morgan fingerprint density at radius 2 is 1.86 bits per heavy atom. The van der Waals surface area contributed by atoms with Crippen molar-refractivity contribution in [3.63, 3.8) is 0 Å². The zero-order chi connectivity index (χ0) is 17.1. The maximum absolute atomic E-state index is 12.1. The molecule has 124 valence electrons. The van der Waals surface area contributed by atoms with Crippen LogP contribution in [0.3, 0.4) is 0 Å². The highest BCUT2D eigenvalue weighted by molar-refractivity contribution is 7.92. The fraction of sp³-hybridized carbons (Fsp3) is 0.500. The molecule has 0 aliphatic rings. The Kier molecular flexibility index (Phi) is 6.52. The number of benzene rings is 1. The summed E-state index contributed by atoms with van der Waals surface area (Å²) in [6.45, 7) is 5.44. The number of amides is 1. The Morgan fingerprint density at radius 1 is 1.27 bits per heavy atom. The number of carbonyl (C=O) groups excluding carboxylic acids is 1. The number of carbonyl (C=O) groups is 1. The number of anilines is 1. The van der Waals surface area contributed by atoms with E-state index < -0.39 is 15.9 Å². The first kappa shape index (κ1) is 19.1. The molecule has 1 aromatic carbocycles. The van der Waals surface area contributed by atoms with E-state index in [0.717, 1.165) is 10.6 Å². The van der Waals surface area contributed by atoms with Gasteiger partial charge >= 0.3 is 0 Å². The summed E-state index contributed by atoms with van der Waals surface area (Å²) in [5.41, 5.74) is 0.184. The average molecular weight is 367 g/mol. The number of hydrogen-bond acceptors (Lipinski definition) is 3. The summed E-state index contributed by atoms with van der Waals surface area (Å²) in [4.78, 5) is 12.1. The molecule has 0 bridgehead atoms. The minimum absolute atomic E-state index is 0.0660. The van der Waals surface area contributed by atoms with Crippen molar-refractivity contribution in [3.05, 3.63) is 28.2 Å². The number of nitrogens with zero attached hydrogens (tertiary/aromatic N) is 1. The largest absolute Gasteiger partial charge is 0.352 e. The molecule has 0 spiro atoms. The van der Waals surface area contributed by atoms with Crippen LogP contribution in [0.4, 0.5) is 5.69 Å². The van der Waals surface area contributed by atoms with Crippen molar-refractivity contribution in [1.82, 2.24) is 5.32 Å². The van der Waals surface area contributed by atoms with Crippen molar-refractivity contribution >= 4 is 44.8 Å². The van der Waals surface area contributed by atoms with Gasteiger partial charge in [0.25, 0.3) is 0 Å². The first-order chi connectivity index (χ1) is 10.0. The third-order valence-corrected chi connectivity index (χ3v) is 4.93. The molecule has 0 fully saturated rings. The van der Waals surface area contributed by atoms with Crippen LogP contribution in [0.15, 0.2) is 18.2 Å². The molecule has 1 rings (SSSR count). The summed E-state index contributed by atoms with van der Waals surface area (Å²) in [7, 11) is -3.68. The van der Waals surface area contributed by atoms with Gasteiger partial charge in [0.15, 0.2) is 0 Å². The van der Waals surface area contributed by atoms with Gasteiger partial charge in [0.1, 0.15) is 6.54 Å². The molecular formula is C14H20Cl2N2O3S. The lowest BCUT2D eigenvalue weighted by molar-refractivity contribution is -0.120. The maximum atomic E-state index is 12.1. The Labute approximate surface area is 141 Å². The van der Waals surface area contributed by atoms with Crippen LogP contribution < -0.4 is 9.62 Å². The van der Waals surface area contributed by atoms with E-state index in [9.17, 15) is 13.2 Å². The smallest absolute Gasteiger partial charge is 0.240 e. The monoisotopic (exact) mass is 366 g/mol. The lowest BCUT2D eigenvalue weighted by Crippen LogP contribution is -2.44. The molecule has 1 N–H and O–H groups in total. The third-order valence-electron chi connectivity index (χ3n) is 3.25. The molecule has 0 aromatic heterocycles. The van der Waals surface area contributed by atoms with Crippen LogP contribution in [0.2, 0.25) is 10.0 Å². The lowest BCUT2D eigenvalue weighted by Gasteiger charge is -2.25. The van der Waals surface area contributed by atoms with E-state index in [2.05, 4.69) is 5.32 Å². The predicted octanol–water partition coefficient (Wildman–Crippen LogP) is 2.92. The van der Waals surface area contributed by atoms with Crippen molar-refractivity contribution in [2.24, 2.45) is 5.92 Å². The van der Waals surface area contributed by atoms with E-state index in [-0.39, 0.29) is 29.2 Å². The highest BCUT2D eigenvalue weighted by Crippen LogP contribution is 2.30. The number of hydrogen-bond donors (Lipinski definition) is 1. The highest BCUT2D eigenvalue weighted by atomic mass is 35.5. The van der Waals surface area contributed by atoms with Crippen LogP contribution in [0, 0.1) is 5.92 Å². The molecule has 1 aromatic rings. The van der Waals surface area contributed by atoms with Crippen LogP contribution in [-0.4, -0.2) is 33.2 Å². The van der Waals surface area contributed by atoms with Crippen molar-refractivity contribution in [2.75, 3.05) is 17.1 Å². The van der Waals surface area contributed by atoms with Crippen LogP contribution in [0.1, 0.15) is 20.8 Å². The van der Waals surface area contributed by atoms with Gasteiger partial charge < -0.3 is 5.32 Å². The quantitative estimate of drug-likeness (QED) is 0.841. The molecule has 8 heteroatoms. The Balaban J connectivity index is 3.06. The van der Waals surface area contributed by atoms with Gasteiger partial charge in [-0.05, 0) is 31.0 Å². The molecule has 1 amide bonds. The van der Waals surface area contributed by atoms with E-state index in [1.54, 1.807) is 6.07 Å². The topological polar surface area (TPSA) is 66.5 Å². The lowest BCUT2D eigenvalue weighted by atomic mass is 10.1. The number of nitrogens with one attached hydrogen (secondary N) is 1. The van der Waals surface area contributed by atoms with Gasteiger partial charge in [0, 0.05) is 11.1 Å². The number of halogens is 2. The van der Waals surface area contributed by atoms with Gasteiger partial charge in [-0.3, -0.25) is 9.10 Å². The van der Waals surface area contributed by atoms with E-state index in [1.807, 2.05) is 20.8 Å². The summed E-state index contributed by atoms with van der Waals surface area (Å²) in [6.07, 6.45) is 1.02. The van der Waals surface area contributed by atoms with Gasteiger partial charge in [0.05, 0.1) is 17.0 Å². The fourth-order valence-electron chi connectivity index (χ4n) is 1.65. The molecule has 1 atom stereocenters. The molecule has 0 saturated carbocycles. The predicted molar refractivity (Wildman–Crippen MR) is 91.1 cm³/mol. The van der Waals surface area contributed by atoms with Crippen molar-refractivity contribution < 1.29 is 13.2 Å². The maximum Gasteiger partial charge on any atom is 0.240 e. The molecule has 5 nitrogen and oxygen atoms in total. The molecule has 0 saturated heterocycles.